The summed E-state index contributed by atoms with van der Waals surface area (Å²) in [6.45, 7) is 4.01. The third-order valence-electron chi connectivity index (χ3n) is 1.93. The Balaban J connectivity index is 2.32. The quantitative estimate of drug-likeness (QED) is 0.725. The molecule has 1 nitrogen and oxygen atoms in total. The summed E-state index contributed by atoms with van der Waals surface area (Å²) in [6.07, 6.45) is 2.73. The summed E-state index contributed by atoms with van der Waals surface area (Å²) < 4.78 is 0. The molecule has 0 fully saturated rings. The predicted octanol–water partition coefficient (Wildman–Crippen LogP) is 2.95. The molecule has 0 saturated heterocycles. The van der Waals surface area contributed by atoms with Crippen LogP contribution in [0.15, 0.2) is 30.8 Å². The third kappa shape index (κ3) is 3.99. The Morgan fingerprint density at radius 1 is 1.29 bits per heavy atom. The van der Waals surface area contributed by atoms with E-state index < -0.39 is 0 Å². The van der Waals surface area contributed by atoms with Crippen molar-refractivity contribution in [3.63, 3.8) is 0 Å². The molecule has 0 unspecified atom stereocenters. The fraction of sp³-hybridized carbons (Fsp3) is 0.333. The van der Waals surface area contributed by atoms with Crippen LogP contribution in [0.4, 0.5) is 0 Å². The second-order valence-electron chi connectivity index (χ2n) is 3.08. The molecule has 14 heavy (non-hydrogen) atoms. The average molecular weight is 208 g/mol. The van der Waals surface area contributed by atoms with Crippen molar-refractivity contribution in [3.05, 3.63) is 42.0 Å². The van der Waals surface area contributed by atoms with E-state index in [1.54, 1.807) is 0 Å². The Labute approximate surface area is 89.8 Å². The molecule has 76 valence electrons. The lowest BCUT2D eigenvalue weighted by molar-refractivity contribution is 0.296. The maximum atomic E-state index is 8.61. The highest BCUT2D eigenvalue weighted by Gasteiger charge is 1.93. The fourth-order valence-electron chi connectivity index (χ4n) is 1.11. The second kappa shape index (κ2) is 6.68. The van der Waals surface area contributed by atoms with Crippen molar-refractivity contribution < 1.29 is 5.11 Å². The van der Waals surface area contributed by atoms with Gasteiger partial charge in [0.15, 0.2) is 0 Å². The SMILES string of the molecule is C=Cc1ccc(CSCCCO)cc1. The highest BCUT2D eigenvalue weighted by molar-refractivity contribution is 7.98. The maximum Gasteiger partial charge on any atom is 0.0438 e. The number of hydrogen-bond acceptors (Lipinski definition) is 2. The molecule has 1 rings (SSSR count). The van der Waals surface area contributed by atoms with Crippen LogP contribution in [-0.2, 0) is 5.75 Å². The van der Waals surface area contributed by atoms with Gasteiger partial charge >= 0.3 is 0 Å². The van der Waals surface area contributed by atoms with E-state index in [0.29, 0.717) is 6.61 Å². The van der Waals surface area contributed by atoms with Gasteiger partial charge in [0.05, 0.1) is 0 Å². The maximum absolute atomic E-state index is 8.61. The van der Waals surface area contributed by atoms with Gasteiger partial charge in [-0.2, -0.15) is 11.8 Å². The van der Waals surface area contributed by atoms with Gasteiger partial charge in [-0.05, 0) is 23.3 Å². The zero-order valence-electron chi connectivity index (χ0n) is 8.28. The van der Waals surface area contributed by atoms with Crippen LogP contribution in [-0.4, -0.2) is 17.5 Å². The fourth-order valence-corrected chi connectivity index (χ4v) is 2.01. The van der Waals surface area contributed by atoms with Crippen molar-refractivity contribution >= 4 is 17.8 Å². The first-order valence-electron chi connectivity index (χ1n) is 4.77. The predicted molar refractivity (Wildman–Crippen MR) is 64.4 cm³/mol. The van der Waals surface area contributed by atoms with E-state index in [2.05, 4.69) is 30.8 Å². The summed E-state index contributed by atoms with van der Waals surface area (Å²) in [6, 6.07) is 8.41. The minimum absolute atomic E-state index is 0.294. The van der Waals surface area contributed by atoms with E-state index in [0.717, 1.165) is 23.5 Å². The van der Waals surface area contributed by atoms with E-state index in [1.165, 1.54) is 5.56 Å². The van der Waals surface area contributed by atoms with E-state index in [1.807, 2.05) is 17.8 Å². The topological polar surface area (TPSA) is 20.2 Å². The van der Waals surface area contributed by atoms with Gasteiger partial charge in [-0.15, -0.1) is 0 Å². The Bertz CT molecular complexity index is 266. The van der Waals surface area contributed by atoms with Gasteiger partial charge < -0.3 is 5.11 Å². The van der Waals surface area contributed by atoms with Crippen LogP contribution in [0.2, 0.25) is 0 Å². The zero-order valence-corrected chi connectivity index (χ0v) is 9.09. The molecule has 0 atom stereocenters. The van der Waals surface area contributed by atoms with Gasteiger partial charge in [0.25, 0.3) is 0 Å². The van der Waals surface area contributed by atoms with Gasteiger partial charge in [0, 0.05) is 12.4 Å². The Morgan fingerprint density at radius 2 is 2.00 bits per heavy atom. The highest BCUT2D eigenvalue weighted by Crippen LogP contribution is 2.14. The summed E-state index contributed by atoms with van der Waals surface area (Å²) in [5.74, 6) is 2.05. The Kier molecular flexibility index (Phi) is 5.42. The number of rotatable bonds is 6. The lowest BCUT2D eigenvalue weighted by Gasteiger charge is -2.01. The molecule has 2 heteroatoms. The van der Waals surface area contributed by atoms with Crippen LogP contribution < -0.4 is 0 Å². The minimum Gasteiger partial charge on any atom is -0.396 e. The van der Waals surface area contributed by atoms with Crippen LogP contribution >= 0.6 is 11.8 Å². The molecule has 1 N–H and O–H groups in total. The van der Waals surface area contributed by atoms with E-state index in [9.17, 15) is 0 Å². The largest absolute Gasteiger partial charge is 0.396 e. The van der Waals surface area contributed by atoms with Crippen molar-refractivity contribution in [2.24, 2.45) is 0 Å². The van der Waals surface area contributed by atoms with Crippen molar-refractivity contribution in [2.45, 2.75) is 12.2 Å². The Morgan fingerprint density at radius 3 is 2.57 bits per heavy atom. The molecule has 0 radical (unpaired) electrons. The molecule has 0 bridgehead atoms. The molecule has 0 aliphatic carbocycles. The molecule has 0 aromatic heterocycles. The van der Waals surface area contributed by atoms with Crippen molar-refractivity contribution in [2.75, 3.05) is 12.4 Å². The first kappa shape index (κ1) is 11.3. The zero-order chi connectivity index (χ0) is 10.2. The summed E-state index contributed by atoms with van der Waals surface area (Å²) in [7, 11) is 0. The van der Waals surface area contributed by atoms with Crippen molar-refractivity contribution in [1.29, 1.82) is 0 Å². The molecule has 1 aromatic rings. The molecule has 0 aliphatic heterocycles. The van der Waals surface area contributed by atoms with Gasteiger partial charge in [-0.25, -0.2) is 0 Å². The molecule has 0 spiro atoms. The van der Waals surface area contributed by atoms with Crippen LogP contribution in [0.5, 0.6) is 0 Å². The third-order valence-corrected chi connectivity index (χ3v) is 3.05. The first-order chi connectivity index (χ1) is 6.86. The normalized spacial score (nSPS) is 10.1. The summed E-state index contributed by atoms with van der Waals surface area (Å²) >= 11 is 1.86. The molecule has 0 amide bonds. The summed E-state index contributed by atoms with van der Waals surface area (Å²) in [4.78, 5) is 0. The van der Waals surface area contributed by atoms with Gasteiger partial charge in [0.2, 0.25) is 0 Å². The summed E-state index contributed by atoms with van der Waals surface area (Å²) in [5.41, 5.74) is 2.49. The Hall–Kier alpha value is -0.730. The molecule has 0 heterocycles. The number of benzene rings is 1. The highest BCUT2D eigenvalue weighted by atomic mass is 32.2. The first-order valence-corrected chi connectivity index (χ1v) is 5.92. The van der Waals surface area contributed by atoms with Crippen LogP contribution in [0.1, 0.15) is 17.5 Å². The standard InChI is InChI=1S/C12H16OS/c1-2-11-4-6-12(7-5-11)10-14-9-3-8-13/h2,4-7,13H,1,3,8-10H2. The van der Waals surface area contributed by atoms with E-state index in [-0.39, 0.29) is 0 Å². The lowest BCUT2D eigenvalue weighted by Crippen LogP contribution is -1.87. The average Bonchev–Trinajstić information content (AvgIpc) is 2.25. The van der Waals surface area contributed by atoms with Gasteiger partial charge in [0.1, 0.15) is 0 Å². The smallest absolute Gasteiger partial charge is 0.0438 e. The van der Waals surface area contributed by atoms with Gasteiger partial charge in [-0.1, -0.05) is 36.9 Å². The number of hydrogen-bond donors (Lipinski definition) is 1. The van der Waals surface area contributed by atoms with Crippen LogP contribution in [0.25, 0.3) is 6.08 Å². The molecule has 0 saturated carbocycles. The van der Waals surface area contributed by atoms with Crippen LogP contribution in [0, 0.1) is 0 Å². The van der Waals surface area contributed by atoms with E-state index in [4.69, 9.17) is 5.11 Å². The van der Waals surface area contributed by atoms with Crippen LogP contribution in [0.3, 0.4) is 0 Å². The van der Waals surface area contributed by atoms with Crippen molar-refractivity contribution in [1.82, 2.24) is 0 Å². The lowest BCUT2D eigenvalue weighted by atomic mass is 10.1. The monoisotopic (exact) mass is 208 g/mol. The van der Waals surface area contributed by atoms with E-state index >= 15 is 0 Å². The molecule has 0 aliphatic rings. The summed E-state index contributed by atoms with van der Waals surface area (Å²) in [5, 5.41) is 8.61. The van der Waals surface area contributed by atoms with Gasteiger partial charge in [-0.3, -0.25) is 0 Å². The molecular weight excluding hydrogens is 192 g/mol. The van der Waals surface area contributed by atoms with Crippen molar-refractivity contribution in [3.8, 4) is 0 Å². The number of thioether (sulfide) groups is 1. The minimum atomic E-state index is 0.294. The molecular formula is C12H16OS. The number of aliphatic hydroxyl groups excluding tert-OH is 1. The second-order valence-corrected chi connectivity index (χ2v) is 4.18. The molecule has 1 aromatic carbocycles. The number of aliphatic hydroxyl groups is 1.